The van der Waals surface area contributed by atoms with E-state index in [0.29, 0.717) is 19.1 Å². The van der Waals surface area contributed by atoms with Gasteiger partial charge in [-0.2, -0.15) is 4.31 Å². The van der Waals surface area contributed by atoms with E-state index in [1.165, 1.54) is 30.3 Å². The van der Waals surface area contributed by atoms with E-state index in [0.717, 1.165) is 11.1 Å². The lowest BCUT2D eigenvalue weighted by molar-refractivity contribution is 0.117. The van der Waals surface area contributed by atoms with Gasteiger partial charge in [-0.15, -0.1) is 0 Å². The number of ether oxygens (including phenoxy) is 1. The fourth-order valence-electron chi connectivity index (χ4n) is 1.77. The Morgan fingerprint density at radius 2 is 2.15 bits per heavy atom. The largest absolute Gasteiger partial charge is 0.398 e. The molecule has 1 saturated carbocycles. The zero-order valence-electron chi connectivity index (χ0n) is 11.4. The number of likely N-dealkylation sites (N-methyl/N-ethyl adjacent to an activating group) is 1. The van der Waals surface area contributed by atoms with Gasteiger partial charge in [0.1, 0.15) is 4.90 Å². The summed E-state index contributed by atoms with van der Waals surface area (Å²) in [5, 5.41) is 0. The lowest BCUT2D eigenvalue weighted by Crippen LogP contribution is -2.31. The van der Waals surface area contributed by atoms with Gasteiger partial charge in [-0.25, -0.2) is 8.42 Å². The van der Waals surface area contributed by atoms with Crippen molar-refractivity contribution < 1.29 is 13.2 Å². The van der Waals surface area contributed by atoms with Gasteiger partial charge in [0, 0.05) is 24.7 Å². The van der Waals surface area contributed by atoms with Gasteiger partial charge in [-0.1, -0.05) is 15.9 Å². The van der Waals surface area contributed by atoms with E-state index in [9.17, 15) is 8.42 Å². The quantitative estimate of drug-likeness (QED) is 0.595. The predicted molar refractivity (Wildman–Crippen MR) is 81.9 cm³/mol. The Morgan fingerprint density at radius 3 is 2.75 bits per heavy atom. The smallest absolute Gasteiger partial charge is 0.244 e. The number of nitrogen functional groups attached to an aromatic ring is 1. The number of anilines is 1. The Balaban J connectivity index is 1.96. The van der Waals surface area contributed by atoms with Crippen molar-refractivity contribution in [3.05, 3.63) is 22.7 Å². The number of benzene rings is 1. The van der Waals surface area contributed by atoms with Crippen molar-refractivity contribution in [2.75, 3.05) is 32.5 Å². The summed E-state index contributed by atoms with van der Waals surface area (Å²) in [4.78, 5) is 0.130. The third-order valence-electron chi connectivity index (χ3n) is 3.26. The van der Waals surface area contributed by atoms with Crippen LogP contribution >= 0.6 is 15.9 Å². The van der Waals surface area contributed by atoms with Crippen molar-refractivity contribution >= 4 is 31.6 Å². The Kier molecular flexibility index (Phi) is 5.06. The molecule has 0 amide bonds. The molecule has 0 bridgehead atoms. The molecule has 0 unspecified atom stereocenters. The molecule has 0 aromatic heterocycles. The van der Waals surface area contributed by atoms with E-state index in [4.69, 9.17) is 10.5 Å². The highest BCUT2D eigenvalue weighted by Gasteiger charge is 2.24. The van der Waals surface area contributed by atoms with Crippen LogP contribution < -0.4 is 5.73 Å². The van der Waals surface area contributed by atoms with Crippen molar-refractivity contribution in [3.8, 4) is 0 Å². The predicted octanol–water partition coefficient (Wildman–Crippen LogP) is 2.08. The molecule has 5 nitrogen and oxygen atoms in total. The van der Waals surface area contributed by atoms with E-state index in [1.807, 2.05) is 0 Å². The summed E-state index contributed by atoms with van der Waals surface area (Å²) in [7, 11) is -2.03. The Morgan fingerprint density at radius 1 is 1.45 bits per heavy atom. The van der Waals surface area contributed by atoms with E-state index in [1.54, 1.807) is 12.1 Å². The average molecular weight is 363 g/mol. The molecule has 0 spiro atoms. The number of rotatable bonds is 7. The molecule has 0 radical (unpaired) electrons. The third kappa shape index (κ3) is 3.94. The summed E-state index contributed by atoms with van der Waals surface area (Å²) in [6, 6.07) is 4.77. The second kappa shape index (κ2) is 6.43. The monoisotopic (exact) mass is 362 g/mol. The normalized spacial score (nSPS) is 15.8. The summed E-state index contributed by atoms with van der Waals surface area (Å²) in [6.45, 7) is 1.46. The van der Waals surface area contributed by atoms with Gasteiger partial charge in [-0.3, -0.25) is 0 Å². The van der Waals surface area contributed by atoms with E-state index >= 15 is 0 Å². The number of halogens is 1. The molecule has 0 heterocycles. The van der Waals surface area contributed by atoms with Crippen LogP contribution in [-0.4, -0.2) is 39.5 Å². The fraction of sp³-hybridized carbons (Fsp3) is 0.538. The van der Waals surface area contributed by atoms with Crippen LogP contribution in [0.4, 0.5) is 5.69 Å². The Hall–Kier alpha value is -0.630. The van der Waals surface area contributed by atoms with Crippen LogP contribution in [0.25, 0.3) is 0 Å². The first kappa shape index (κ1) is 15.8. The summed E-state index contributed by atoms with van der Waals surface area (Å²) in [6.07, 6.45) is 2.45. The van der Waals surface area contributed by atoms with Gasteiger partial charge >= 0.3 is 0 Å². The number of hydrogen-bond acceptors (Lipinski definition) is 4. The van der Waals surface area contributed by atoms with Crippen molar-refractivity contribution in [3.63, 3.8) is 0 Å². The zero-order valence-corrected chi connectivity index (χ0v) is 13.8. The third-order valence-corrected chi connectivity index (χ3v) is 5.69. The zero-order chi connectivity index (χ0) is 14.8. The van der Waals surface area contributed by atoms with E-state index in [2.05, 4.69) is 15.9 Å². The molecule has 0 saturated heterocycles. The maximum atomic E-state index is 12.4. The summed E-state index contributed by atoms with van der Waals surface area (Å²) in [5.41, 5.74) is 6.02. The minimum absolute atomic E-state index is 0.130. The molecule has 0 aliphatic heterocycles. The Bertz CT molecular complexity index is 573. The summed E-state index contributed by atoms with van der Waals surface area (Å²) in [5.74, 6) is 0.680. The van der Waals surface area contributed by atoms with Crippen LogP contribution in [0.15, 0.2) is 27.6 Å². The number of nitrogens with two attached hydrogens (primary N) is 1. The van der Waals surface area contributed by atoms with Crippen molar-refractivity contribution in [2.45, 2.75) is 17.7 Å². The maximum absolute atomic E-state index is 12.4. The van der Waals surface area contributed by atoms with Crippen LogP contribution in [0.3, 0.4) is 0 Å². The van der Waals surface area contributed by atoms with Gasteiger partial charge in [0.15, 0.2) is 0 Å². The van der Waals surface area contributed by atoms with Gasteiger partial charge in [0.2, 0.25) is 10.0 Å². The minimum atomic E-state index is -3.56. The van der Waals surface area contributed by atoms with Crippen LogP contribution in [0, 0.1) is 5.92 Å². The molecule has 0 atom stereocenters. The van der Waals surface area contributed by atoms with Crippen LogP contribution in [0.2, 0.25) is 0 Å². The van der Waals surface area contributed by atoms with Crippen LogP contribution in [-0.2, 0) is 14.8 Å². The molecule has 7 heteroatoms. The molecule has 1 aromatic carbocycles. The SMILES string of the molecule is CN(CCOCC1CC1)S(=O)(=O)c1ccc(Br)cc1N. The molecule has 20 heavy (non-hydrogen) atoms. The molecule has 2 rings (SSSR count). The second-order valence-electron chi connectivity index (χ2n) is 5.03. The van der Waals surface area contributed by atoms with Crippen molar-refractivity contribution in [1.29, 1.82) is 0 Å². The van der Waals surface area contributed by atoms with Crippen LogP contribution in [0.5, 0.6) is 0 Å². The second-order valence-corrected chi connectivity index (χ2v) is 7.96. The molecule has 112 valence electrons. The highest BCUT2D eigenvalue weighted by molar-refractivity contribution is 9.10. The number of hydrogen-bond donors (Lipinski definition) is 1. The first-order valence-corrected chi connectivity index (χ1v) is 8.73. The molecule has 2 N–H and O–H groups in total. The van der Waals surface area contributed by atoms with E-state index < -0.39 is 10.0 Å². The number of sulfonamides is 1. The van der Waals surface area contributed by atoms with Gasteiger partial charge in [0.25, 0.3) is 0 Å². The minimum Gasteiger partial charge on any atom is -0.398 e. The van der Waals surface area contributed by atoms with Gasteiger partial charge in [-0.05, 0) is 37.0 Å². The lowest BCUT2D eigenvalue weighted by Gasteiger charge is -2.18. The van der Waals surface area contributed by atoms with Crippen LogP contribution in [0.1, 0.15) is 12.8 Å². The standard InChI is InChI=1S/C13H19BrN2O3S/c1-16(6-7-19-9-10-2-3-10)20(17,18)13-5-4-11(14)8-12(13)15/h4-5,8,10H,2-3,6-7,9,15H2,1H3. The fourth-order valence-corrected chi connectivity index (χ4v) is 3.40. The Labute approximate surface area is 128 Å². The molecular weight excluding hydrogens is 344 g/mol. The lowest BCUT2D eigenvalue weighted by atomic mass is 10.3. The van der Waals surface area contributed by atoms with Gasteiger partial charge < -0.3 is 10.5 Å². The summed E-state index contributed by atoms with van der Waals surface area (Å²) >= 11 is 3.26. The first-order chi connectivity index (χ1) is 9.41. The molecule has 1 aliphatic carbocycles. The first-order valence-electron chi connectivity index (χ1n) is 6.50. The molecule has 1 fully saturated rings. The molecular formula is C13H19BrN2O3S. The van der Waals surface area contributed by atoms with Crippen molar-refractivity contribution in [2.24, 2.45) is 5.92 Å². The highest BCUT2D eigenvalue weighted by atomic mass is 79.9. The average Bonchev–Trinajstić information content (AvgIpc) is 3.17. The van der Waals surface area contributed by atoms with Crippen molar-refractivity contribution in [1.82, 2.24) is 4.31 Å². The molecule has 1 aromatic rings. The van der Waals surface area contributed by atoms with Gasteiger partial charge in [0.05, 0.1) is 12.3 Å². The van der Waals surface area contributed by atoms with E-state index in [-0.39, 0.29) is 10.6 Å². The molecule has 1 aliphatic rings. The highest BCUT2D eigenvalue weighted by Crippen LogP contribution is 2.29. The number of nitrogens with zero attached hydrogens (tertiary/aromatic N) is 1. The maximum Gasteiger partial charge on any atom is 0.244 e. The topological polar surface area (TPSA) is 72.6 Å². The summed E-state index contributed by atoms with van der Waals surface area (Å²) < 4.78 is 32.3.